The van der Waals surface area contributed by atoms with Crippen LogP contribution in [0.15, 0.2) is 6.33 Å². The molecule has 1 aliphatic rings. The molecule has 1 aromatic rings. The second-order valence-electron chi connectivity index (χ2n) is 4.09. The molecular weight excluding hydrogens is 258 g/mol. The number of nitrogens with two attached hydrogens (primary N) is 2. The molecule has 1 fully saturated rings. The zero-order chi connectivity index (χ0) is 14.2. The molecule has 1 amide bonds. The van der Waals surface area contributed by atoms with Crippen molar-refractivity contribution in [2.45, 2.75) is 24.5 Å². The van der Waals surface area contributed by atoms with Crippen LogP contribution in [0.2, 0.25) is 0 Å². The predicted octanol–water partition coefficient (Wildman–Crippen LogP) is -3.32. The number of anilines is 1. The lowest BCUT2D eigenvalue weighted by molar-refractivity contribution is -0.0518. The molecule has 0 aliphatic carbocycles. The van der Waals surface area contributed by atoms with Gasteiger partial charge in [-0.2, -0.15) is 0 Å². The standard InChI is InChI=1S/C9H15N5O5/c10-7-4(8(18)13-11)12-2-14(7)9-6(17)5(16)3(1-15)19-9/h2-3,5-6,9,15-17H,1,10-11H2,(H,13,18)/t3-,5+,6+,9-/m0/s1. The number of aromatic nitrogens is 2. The van der Waals surface area contributed by atoms with Crippen LogP contribution in [0, 0.1) is 0 Å². The number of carbonyl (C=O) groups is 1. The molecule has 1 saturated heterocycles. The third kappa shape index (κ3) is 2.15. The Morgan fingerprint density at radius 1 is 1.53 bits per heavy atom. The van der Waals surface area contributed by atoms with Gasteiger partial charge in [-0.25, -0.2) is 10.8 Å². The molecule has 19 heavy (non-hydrogen) atoms. The number of hydrogen-bond acceptors (Lipinski definition) is 8. The van der Waals surface area contributed by atoms with Gasteiger partial charge in [0.1, 0.15) is 24.1 Å². The molecule has 10 nitrogen and oxygen atoms in total. The summed E-state index contributed by atoms with van der Waals surface area (Å²) in [5, 5.41) is 28.4. The first kappa shape index (κ1) is 13.7. The summed E-state index contributed by atoms with van der Waals surface area (Å²) >= 11 is 0. The van der Waals surface area contributed by atoms with Crippen LogP contribution in [0.25, 0.3) is 0 Å². The van der Waals surface area contributed by atoms with Crippen LogP contribution in [0.5, 0.6) is 0 Å². The lowest BCUT2D eigenvalue weighted by Crippen LogP contribution is -2.33. The minimum absolute atomic E-state index is 0.0715. The number of imidazole rings is 1. The maximum Gasteiger partial charge on any atom is 0.287 e. The molecule has 0 spiro atoms. The maximum absolute atomic E-state index is 11.3. The number of hydrogen-bond donors (Lipinski definition) is 6. The summed E-state index contributed by atoms with van der Waals surface area (Å²) in [6.45, 7) is -0.459. The quantitative estimate of drug-likeness (QED) is 0.189. The fourth-order valence-corrected chi connectivity index (χ4v) is 1.93. The van der Waals surface area contributed by atoms with Crippen molar-refractivity contribution in [2.75, 3.05) is 12.3 Å². The summed E-state index contributed by atoms with van der Waals surface area (Å²) in [6, 6.07) is 0. The number of aliphatic hydroxyl groups is 3. The minimum Gasteiger partial charge on any atom is -0.394 e. The summed E-state index contributed by atoms with van der Waals surface area (Å²) in [7, 11) is 0. The highest BCUT2D eigenvalue weighted by Crippen LogP contribution is 2.31. The average Bonchev–Trinajstić information content (AvgIpc) is 2.91. The molecule has 0 unspecified atom stereocenters. The topological polar surface area (TPSA) is 169 Å². The van der Waals surface area contributed by atoms with E-state index in [9.17, 15) is 15.0 Å². The van der Waals surface area contributed by atoms with E-state index in [1.807, 2.05) is 5.43 Å². The summed E-state index contributed by atoms with van der Waals surface area (Å²) in [5.74, 6) is 4.21. The second-order valence-corrected chi connectivity index (χ2v) is 4.09. The van der Waals surface area contributed by atoms with E-state index in [1.54, 1.807) is 0 Å². The van der Waals surface area contributed by atoms with E-state index in [-0.39, 0.29) is 11.5 Å². The van der Waals surface area contributed by atoms with Crippen molar-refractivity contribution < 1.29 is 24.9 Å². The van der Waals surface area contributed by atoms with E-state index >= 15 is 0 Å². The lowest BCUT2D eigenvalue weighted by Gasteiger charge is -2.17. The van der Waals surface area contributed by atoms with Crippen molar-refractivity contribution in [3.8, 4) is 0 Å². The highest BCUT2D eigenvalue weighted by molar-refractivity contribution is 5.96. The highest BCUT2D eigenvalue weighted by Gasteiger charge is 2.44. The fraction of sp³-hybridized carbons (Fsp3) is 0.556. The Labute approximate surface area is 107 Å². The minimum atomic E-state index is -1.30. The second kappa shape index (κ2) is 5.11. The first-order valence-electron chi connectivity index (χ1n) is 5.47. The Hall–Kier alpha value is -1.72. The molecule has 2 heterocycles. The number of nitrogen functional groups attached to an aromatic ring is 2. The molecular formula is C9H15N5O5. The van der Waals surface area contributed by atoms with Gasteiger partial charge in [-0.05, 0) is 0 Å². The van der Waals surface area contributed by atoms with Crippen LogP contribution in [0.1, 0.15) is 16.7 Å². The number of carbonyl (C=O) groups excluding carboxylic acids is 1. The van der Waals surface area contributed by atoms with Crippen LogP contribution in [-0.2, 0) is 4.74 Å². The summed E-state index contributed by atoms with van der Waals surface area (Å²) in [5.41, 5.74) is 7.46. The van der Waals surface area contributed by atoms with Crippen LogP contribution in [0.4, 0.5) is 5.82 Å². The van der Waals surface area contributed by atoms with Crippen LogP contribution >= 0.6 is 0 Å². The first-order valence-corrected chi connectivity index (χ1v) is 5.47. The van der Waals surface area contributed by atoms with Crippen molar-refractivity contribution in [1.82, 2.24) is 15.0 Å². The highest BCUT2D eigenvalue weighted by atomic mass is 16.6. The van der Waals surface area contributed by atoms with E-state index in [1.165, 1.54) is 10.9 Å². The summed E-state index contributed by atoms with van der Waals surface area (Å²) in [4.78, 5) is 15.1. The molecule has 1 aliphatic heterocycles. The van der Waals surface area contributed by atoms with Gasteiger partial charge in [0.05, 0.1) is 12.9 Å². The van der Waals surface area contributed by atoms with E-state index in [0.717, 1.165) is 0 Å². The normalized spacial score (nSPS) is 30.5. The van der Waals surface area contributed by atoms with E-state index in [4.69, 9.17) is 21.4 Å². The zero-order valence-corrected chi connectivity index (χ0v) is 9.80. The molecule has 106 valence electrons. The Balaban J connectivity index is 2.28. The van der Waals surface area contributed by atoms with Crippen molar-refractivity contribution in [1.29, 1.82) is 0 Å². The van der Waals surface area contributed by atoms with Gasteiger partial charge in [-0.15, -0.1) is 0 Å². The molecule has 8 N–H and O–H groups in total. The van der Waals surface area contributed by atoms with Gasteiger partial charge < -0.3 is 25.8 Å². The molecule has 0 aromatic carbocycles. The molecule has 10 heteroatoms. The van der Waals surface area contributed by atoms with Gasteiger partial charge in [0.15, 0.2) is 11.9 Å². The Kier molecular flexibility index (Phi) is 3.68. The van der Waals surface area contributed by atoms with Gasteiger partial charge in [-0.3, -0.25) is 14.8 Å². The van der Waals surface area contributed by atoms with Crippen molar-refractivity contribution >= 4 is 11.7 Å². The van der Waals surface area contributed by atoms with Gasteiger partial charge in [0, 0.05) is 0 Å². The molecule has 2 rings (SSSR count). The van der Waals surface area contributed by atoms with E-state index in [0.29, 0.717) is 0 Å². The molecule has 4 atom stereocenters. The molecule has 1 aromatic heterocycles. The van der Waals surface area contributed by atoms with Gasteiger partial charge in [0.25, 0.3) is 5.91 Å². The van der Waals surface area contributed by atoms with E-state index < -0.39 is 37.1 Å². The first-order chi connectivity index (χ1) is 9.01. The maximum atomic E-state index is 11.3. The van der Waals surface area contributed by atoms with Crippen molar-refractivity contribution in [3.63, 3.8) is 0 Å². The Bertz CT molecular complexity index is 478. The van der Waals surface area contributed by atoms with E-state index in [2.05, 4.69) is 4.98 Å². The van der Waals surface area contributed by atoms with Gasteiger partial charge in [-0.1, -0.05) is 0 Å². The fourth-order valence-electron chi connectivity index (χ4n) is 1.93. The largest absolute Gasteiger partial charge is 0.394 e. The average molecular weight is 273 g/mol. The number of hydrazine groups is 1. The zero-order valence-electron chi connectivity index (χ0n) is 9.80. The molecule has 0 bridgehead atoms. The number of nitrogens with zero attached hydrogens (tertiary/aromatic N) is 2. The number of rotatable bonds is 3. The van der Waals surface area contributed by atoms with Crippen LogP contribution in [0.3, 0.4) is 0 Å². The van der Waals surface area contributed by atoms with Gasteiger partial charge in [0.2, 0.25) is 0 Å². The monoisotopic (exact) mass is 273 g/mol. The Morgan fingerprint density at radius 3 is 2.74 bits per heavy atom. The van der Waals surface area contributed by atoms with Gasteiger partial charge >= 0.3 is 0 Å². The number of nitrogens with one attached hydrogen (secondary N) is 1. The summed E-state index contributed by atoms with van der Waals surface area (Å²) < 4.78 is 6.45. The third-order valence-corrected chi connectivity index (χ3v) is 2.97. The summed E-state index contributed by atoms with van der Waals surface area (Å²) in [6.07, 6.45) is -3.36. The molecule has 0 radical (unpaired) electrons. The predicted molar refractivity (Wildman–Crippen MR) is 61.3 cm³/mol. The number of aliphatic hydroxyl groups excluding tert-OH is 3. The number of ether oxygens (including phenoxy) is 1. The van der Waals surface area contributed by atoms with Crippen molar-refractivity contribution in [2.24, 2.45) is 5.84 Å². The number of amides is 1. The smallest absolute Gasteiger partial charge is 0.287 e. The SMILES string of the molecule is NNC(=O)c1ncn([C@H]2O[C@@H](CO)[C@@H](O)[C@H]2O)c1N. The Morgan fingerprint density at radius 2 is 2.21 bits per heavy atom. The molecule has 0 saturated carbocycles. The van der Waals surface area contributed by atoms with Crippen LogP contribution < -0.4 is 17.0 Å². The lowest BCUT2D eigenvalue weighted by atomic mass is 10.1. The third-order valence-electron chi connectivity index (χ3n) is 2.97. The van der Waals surface area contributed by atoms with Crippen LogP contribution in [-0.4, -0.2) is 55.7 Å². The van der Waals surface area contributed by atoms with Crippen molar-refractivity contribution in [3.05, 3.63) is 12.0 Å².